The molecular formula is C16H21N3S. The molecule has 3 rings (SSSR count). The molecule has 4 heteroatoms. The summed E-state index contributed by atoms with van der Waals surface area (Å²) in [5.41, 5.74) is 2.69. The topological polar surface area (TPSA) is 31.9 Å². The van der Waals surface area contributed by atoms with E-state index in [1.165, 1.54) is 35.5 Å². The summed E-state index contributed by atoms with van der Waals surface area (Å²) < 4.78 is 0. The normalized spacial score (nSPS) is 20.1. The predicted octanol–water partition coefficient (Wildman–Crippen LogP) is 3.51. The van der Waals surface area contributed by atoms with Crippen molar-refractivity contribution >= 4 is 11.8 Å². The van der Waals surface area contributed by atoms with Crippen LogP contribution in [0.1, 0.15) is 30.0 Å². The molecular weight excluding hydrogens is 266 g/mol. The third kappa shape index (κ3) is 3.25. The summed E-state index contributed by atoms with van der Waals surface area (Å²) in [4.78, 5) is 3.89. The van der Waals surface area contributed by atoms with Gasteiger partial charge in [0.15, 0.2) is 0 Å². The van der Waals surface area contributed by atoms with Gasteiger partial charge in [0.2, 0.25) is 0 Å². The minimum atomic E-state index is 0.608. The van der Waals surface area contributed by atoms with Gasteiger partial charge in [0.1, 0.15) is 0 Å². The van der Waals surface area contributed by atoms with Crippen molar-refractivity contribution < 1.29 is 0 Å². The largest absolute Gasteiger partial charge is 0.298 e. The third-order valence-corrected chi connectivity index (χ3v) is 4.78. The van der Waals surface area contributed by atoms with Gasteiger partial charge >= 0.3 is 0 Å². The molecule has 20 heavy (non-hydrogen) atoms. The predicted molar refractivity (Wildman–Crippen MR) is 84.1 cm³/mol. The average Bonchev–Trinajstić information content (AvgIpc) is 3.03. The summed E-state index contributed by atoms with van der Waals surface area (Å²) in [7, 11) is 0. The van der Waals surface area contributed by atoms with E-state index in [1.807, 2.05) is 6.20 Å². The first-order chi connectivity index (χ1) is 9.85. The first-order valence-corrected chi connectivity index (χ1v) is 8.42. The van der Waals surface area contributed by atoms with Crippen LogP contribution >= 0.6 is 11.8 Å². The highest BCUT2D eigenvalue weighted by atomic mass is 32.2. The highest BCUT2D eigenvalue weighted by molar-refractivity contribution is 7.98. The molecule has 0 aliphatic carbocycles. The van der Waals surface area contributed by atoms with Crippen LogP contribution in [0.25, 0.3) is 0 Å². The molecule has 0 bridgehead atoms. The number of aromatic nitrogens is 2. The maximum Gasteiger partial charge on any atom is 0.0490 e. The van der Waals surface area contributed by atoms with Gasteiger partial charge in [-0.3, -0.25) is 10.00 Å². The Kier molecular flexibility index (Phi) is 4.43. The van der Waals surface area contributed by atoms with Gasteiger partial charge in [-0.2, -0.15) is 5.10 Å². The van der Waals surface area contributed by atoms with Crippen molar-refractivity contribution in [3.63, 3.8) is 0 Å². The molecule has 0 saturated carbocycles. The first kappa shape index (κ1) is 13.7. The lowest BCUT2D eigenvalue weighted by atomic mass is 9.94. The Bertz CT molecular complexity index is 521. The van der Waals surface area contributed by atoms with E-state index in [2.05, 4.69) is 51.7 Å². The standard InChI is InChI=1S/C16H21N3S/c1-20-15-6-4-13(5-7-15)11-19-10-2-3-14(12-19)16-8-9-17-18-16/h4-9,14H,2-3,10-12H2,1H3,(H,17,18). The Morgan fingerprint density at radius 3 is 2.85 bits per heavy atom. The number of piperidine rings is 1. The van der Waals surface area contributed by atoms with Crippen LogP contribution in [0, 0.1) is 0 Å². The van der Waals surface area contributed by atoms with E-state index in [0.29, 0.717) is 5.92 Å². The summed E-state index contributed by atoms with van der Waals surface area (Å²) in [6, 6.07) is 11.1. The summed E-state index contributed by atoms with van der Waals surface area (Å²) in [6.07, 6.45) is 6.51. The molecule has 1 aliphatic heterocycles. The van der Waals surface area contributed by atoms with E-state index in [0.717, 1.165) is 13.1 Å². The van der Waals surface area contributed by atoms with Crippen LogP contribution in [-0.4, -0.2) is 34.4 Å². The lowest BCUT2D eigenvalue weighted by molar-refractivity contribution is 0.198. The second-order valence-corrected chi connectivity index (χ2v) is 6.31. The molecule has 1 aromatic heterocycles. The van der Waals surface area contributed by atoms with E-state index in [4.69, 9.17) is 0 Å². The van der Waals surface area contributed by atoms with Crippen LogP contribution in [0.5, 0.6) is 0 Å². The molecule has 1 fully saturated rings. The number of aromatic amines is 1. The van der Waals surface area contributed by atoms with Gasteiger partial charge in [-0.25, -0.2) is 0 Å². The van der Waals surface area contributed by atoms with Gasteiger partial charge < -0.3 is 0 Å². The summed E-state index contributed by atoms with van der Waals surface area (Å²) in [5.74, 6) is 0.608. The molecule has 2 heterocycles. The molecule has 1 saturated heterocycles. The first-order valence-electron chi connectivity index (χ1n) is 7.19. The zero-order chi connectivity index (χ0) is 13.8. The number of thioether (sulfide) groups is 1. The molecule has 3 nitrogen and oxygen atoms in total. The van der Waals surface area contributed by atoms with Crippen molar-refractivity contribution in [2.75, 3.05) is 19.3 Å². The maximum atomic E-state index is 4.08. The lowest BCUT2D eigenvalue weighted by Gasteiger charge is -2.32. The van der Waals surface area contributed by atoms with Crippen LogP contribution in [-0.2, 0) is 6.54 Å². The monoisotopic (exact) mass is 287 g/mol. The molecule has 1 aromatic carbocycles. The number of hydrogen-bond acceptors (Lipinski definition) is 3. The SMILES string of the molecule is CSc1ccc(CN2CCCC(c3ccn[nH]3)C2)cc1. The van der Waals surface area contributed by atoms with Crippen molar-refractivity contribution in [2.45, 2.75) is 30.2 Å². The Labute approximate surface area is 124 Å². The number of rotatable bonds is 4. The van der Waals surface area contributed by atoms with E-state index in [1.54, 1.807) is 11.8 Å². The van der Waals surface area contributed by atoms with Crippen molar-refractivity contribution in [3.05, 3.63) is 47.8 Å². The van der Waals surface area contributed by atoms with E-state index < -0.39 is 0 Å². The van der Waals surface area contributed by atoms with Crippen LogP contribution in [0.2, 0.25) is 0 Å². The molecule has 106 valence electrons. The van der Waals surface area contributed by atoms with Crippen LogP contribution < -0.4 is 0 Å². The fraction of sp³-hybridized carbons (Fsp3) is 0.438. The Hall–Kier alpha value is -1.26. The molecule has 1 N–H and O–H groups in total. The number of nitrogens with zero attached hydrogens (tertiary/aromatic N) is 2. The van der Waals surface area contributed by atoms with E-state index in [-0.39, 0.29) is 0 Å². The molecule has 0 amide bonds. The number of nitrogens with one attached hydrogen (secondary N) is 1. The smallest absolute Gasteiger partial charge is 0.0490 e. The van der Waals surface area contributed by atoms with Crippen LogP contribution in [0.3, 0.4) is 0 Å². The minimum absolute atomic E-state index is 0.608. The molecule has 0 radical (unpaired) electrons. The second-order valence-electron chi connectivity index (χ2n) is 5.43. The lowest BCUT2D eigenvalue weighted by Crippen LogP contribution is -2.34. The number of H-pyrrole nitrogens is 1. The quantitative estimate of drug-likeness (QED) is 0.873. The summed E-state index contributed by atoms with van der Waals surface area (Å²) in [5, 5.41) is 7.21. The number of benzene rings is 1. The van der Waals surface area contributed by atoms with E-state index in [9.17, 15) is 0 Å². The zero-order valence-corrected chi connectivity index (χ0v) is 12.7. The van der Waals surface area contributed by atoms with Crippen molar-refractivity contribution in [2.24, 2.45) is 0 Å². The highest BCUT2D eigenvalue weighted by Crippen LogP contribution is 2.26. The molecule has 2 aromatic rings. The van der Waals surface area contributed by atoms with Crippen molar-refractivity contribution in [1.82, 2.24) is 15.1 Å². The fourth-order valence-corrected chi connectivity index (χ4v) is 3.34. The fourth-order valence-electron chi connectivity index (χ4n) is 2.94. The molecule has 0 spiro atoms. The van der Waals surface area contributed by atoms with Crippen molar-refractivity contribution in [3.8, 4) is 0 Å². The van der Waals surface area contributed by atoms with Gasteiger partial charge in [-0.15, -0.1) is 11.8 Å². The third-order valence-electron chi connectivity index (χ3n) is 4.03. The van der Waals surface area contributed by atoms with Crippen LogP contribution in [0.15, 0.2) is 41.4 Å². The Balaban J connectivity index is 1.62. The highest BCUT2D eigenvalue weighted by Gasteiger charge is 2.22. The van der Waals surface area contributed by atoms with Gasteiger partial charge in [-0.1, -0.05) is 12.1 Å². The Morgan fingerprint density at radius 2 is 2.15 bits per heavy atom. The zero-order valence-electron chi connectivity index (χ0n) is 11.9. The van der Waals surface area contributed by atoms with Crippen LogP contribution in [0.4, 0.5) is 0 Å². The number of likely N-dealkylation sites (tertiary alicyclic amines) is 1. The number of hydrogen-bond donors (Lipinski definition) is 1. The summed E-state index contributed by atoms with van der Waals surface area (Å²) >= 11 is 1.80. The van der Waals surface area contributed by atoms with Gasteiger partial charge in [0, 0.05) is 35.8 Å². The molecule has 1 unspecified atom stereocenters. The van der Waals surface area contributed by atoms with Crippen molar-refractivity contribution in [1.29, 1.82) is 0 Å². The Morgan fingerprint density at radius 1 is 1.30 bits per heavy atom. The van der Waals surface area contributed by atoms with E-state index >= 15 is 0 Å². The minimum Gasteiger partial charge on any atom is -0.298 e. The second kappa shape index (κ2) is 6.46. The van der Waals surface area contributed by atoms with Gasteiger partial charge in [-0.05, 0) is 49.4 Å². The maximum absolute atomic E-state index is 4.08. The summed E-state index contributed by atoms with van der Waals surface area (Å²) in [6.45, 7) is 3.39. The molecule has 1 aliphatic rings. The molecule has 1 atom stereocenters. The van der Waals surface area contributed by atoms with Gasteiger partial charge in [0.25, 0.3) is 0 Å². The average molecular weight is 287 g/mol. The van der Waals surface area contributed by atoms with Gasteiger partial charge in [0.05, 0.1) is 0 Å².